The van der Waals surface area contributed by atoms with Gasteiger partial charge in [0.05, 0.1) is 19.8 Å². The van der Waals surface area contributed by atoms with Crippen molar-refractivity contribution in [3.63, 3.8) is 0 Å². The van der Waals surface area contributed by atoms with Gasteiger partial charge in [0.25, 0.3) is 0 Å². The average molecular weight is 474 g/mol. The van der Waals surface area contributed by atoms with E-state index < -0.39 is 80.2 Å². The number of hydrogen-bond donors (Lipinski definition) is 8. The van der Waals surface area contributed by atoms with E-state index in [0.717, 1.165) is 6.08 Å². The number of ether oxygens (including phenoxy) is 4. The second-order valence-corrected chi connectivity index (χ2v) is 7.71. The molecule has 1 aromatic rings. The zero-order chi connectivity index (χ0) is 24.3. The fraction of sp³-hybridized carbons (Fsp3) is 0.550. The predicted octanol–water partition coefficient (Wildman–Crippen LogP) is -3.08. The van der Waals surface area contributed by atoms with E-state index in [0.29, 0.717) is 5.56 Å². The van der Waals surface area contributed by atoms with Crippen LogP contribution in [0.2, 0.25) is 0 Å². The lowest BCUT2D eigenvalue weighted by Gasteiger charge is -2.42. The van der Waals surface area contributed by atoms with Crippen molar-refractivity contribution in [3.8, 4) is 11.5 Å². The molecule has 0 aliphatic carbocycles. The van der Waals surface area contributed by atoms with E-state index in [9.17, 15) is 45.6 Å². The van der Waals surface area contributed by atoms with Crippen molar-refractivity contribution < 1.29 is 64.6 Å². The second-order valence-electron chi connectivity index (χ2n) is 7.71. The summed E-state index contributed by atoms with van der Waals surface area (Å²) in [5.74, 6) is -1.72. The van der Waals surface area contributed by atoms with E-state index in [4.69, 9.17) is 18.9 Å². The summed E-state index contributed by atoms with van der Waals surface area (Å²) in [6.45, 7) is -2.05. The number of rotatable bonds is 7. The normalized spacial score (nSPS) is 36.8. The Morgan fingerprint density at radius 3 is 2.48 bits per heavy atom. The van der Waals surface area contributed by atoms with Crippen LogP contribution in [0.25, 0.3) is 6.08 Å². The van der Waals surface area contributed by atoms with Crippen LogP contribution in [0.3, 0.4) is 0 Å². The number of phenolic OH excluding ortho intramolecular Hbond substituents is 2. The SMILES string of the molecule is O=C(/C=C/c1ccc(O)c(O)c1)O[C@H]1[C@H](O)[C@@H](O[C@@H]2OC[C@](O)(CO)[C@H]2O)[C@H](O)O[C@@H]1CO. The molecule has 0 spiro atoms. The van der Waals surface area contributed by atoms with Crippen molar-refractivity contribution in [2.45, 2.75) is 48.7 Å². The molecule has 8 atom stereocenters. The van der Waals surface area contributed by atoms with Gasteiger partial charge in [-0.25, -0.2) is 4.79 Å². The molecule has 8 N–H and O–H groups in total. The summed E-state index contributed by atoms with van der Waals surface area (Å²) < 4.78 is 20.7. The van der Waals surface area contributed by atoms with Crippen LogP contribution in [-0.4, -0.2) is 115 Å². The molecular formula is C20H26O13. The fourth-order valence-electron chi connectivity index (χ4n) is 3.40. The molecule has 1 aromatic carbocycles. The first-order valence-electron chi connectivity index (χ1n) is 9.91. The molecule has 3 rings (SSSR count). The fourth-order valence-corrected chi connectivity index (χ4v) is 3.40. The van der Waals surface area contributed by atoms with Gasteiger partial charge in [0.1, 0.15) is 30.0 Å². The number of aliphatic hydroxyl groups is 6. The summed E-state index contributed by atoms with van der Waals surface area (Å²) in [5.41, 5.74) is -1.66. The molecule has 2 saturated heterocycles. The number of hydrogen-bond acceptors (Lipinski definition) is 13. The van der Waals surface area contributed by atoms with Crippen LogP contribution in [0.5, 0.6) is 11.5 Å². The molecule has 13 heteroatoms. The largest absolute Gasteiger partial charge is 0.504 e. The van der Waals surface area contributed by atoms with E-state index in [1.165, 1.54) is 24.3 Å². The van der Waals surface area contributed by atoms with Gasteiger partial charge >= 0.3 is 5.97 Å². The molecule has 0 unspecified atom stereocenters. The van der Waals surface area contributed by atoms with Crippen LogP contribution in [0.15, 0.2) is 24.3 Å². The van der Waals surface area contributed by atoms with Crippen molar-refractivity contribution in [1.82, 2.24) is 0 Å². The first-order chi connectivity index (χ1) is 15.6. The van der Waals surface area contributed by atoms with E-state index in [-0.39, 0.29) is 5.75 Å². The van der Waals surface area contributed by atoms with Gasteiger partial charge in [-0.05, 0) is 23.8 Å². The highest BCUT2D eigenvalue weighted by Gasteiger charge is 2.53. The molecule has 0 bridgehead atoms. The van der Waals surface area contributed by atoms with Gasteiger partial charge in [-0.15, -0.1) is 0 Å². The average Bonchev–Trinajstić information content (AvgIpc) is 3.08. The van der Waals surface area contributed by atoms with Gasteiger partial charge in [-0.1, -0.05) is 6.07 Å². The second kappa shape index (κ2) is 10.3. The third-order valence-corrected chi connectivity index (χ3v) is 5.35. The number of carbonyl (C=O) groups excluding carboxylic acids is 1. The summed E-state index contributed by atoms with van der Waals surface area (Å²) in [5, 5.41) is 78.5. The van der Waals surface area contributed by atoms with Crippen LogP contribution in [0.1, 0.15) is 5.56 Å². The minimum Gasteiger partial charge on any atom is -0.504 e. The van der Waals surface area contributed by atoms with Gasteiger partial charge < -0.3 is 59.8 Å². The summed E-state index contributed by atoms with van der Waals surface area (Å²) >= 11 is 0. The van der Waals surface area contributed by atoms with E-state index >= 15 is 0 Å². The highest BCUT2D eigenvalue weighted by molar-refractivity contribution is 5.87. The topological polar surface area (TPSA) is 216 Å². The number of benzene rings is 1. The maximum absolute atomic E-state index is 12.3. The lowest BCUT2D eigenvalue weighted by molar-refractivity contribution is -0.326. The number of phenols is 2. The number of esters is 1. The van der Waals surface area contributed by atoms with Crippen molar-refractivity contribution in [1.29, 1.82) is 0 Å². The van der Waals surface area contributed by atoms with Gasteiger partial charge in [-0.3, -0.25) is 0 Å². The van der Waals surface area contributed by atoms with Gasteiger partial charge in [0, 0.05) is 6.08 Å². The Balaban J connectivity index is 1.69. The number of carbonyl (C=O) groups is 1. The zero-order valence-corrected chi connectivity index (χ0v) is 17.2. The molecule has 0 amide bonds. The molecular weight excluding hydrogens is 448 g/mol. The lowest BCUT2D eigenvalue weighted by Crippen LogP contribution is -2.62. The van der Waals surface area contributed by atoms with Gasteiger partial charge in [0.2, 0.25) is 0 Å². The molecule has 184 valence electrons. The van der Waals surface area contributed by atoms with Crippen molar-refractivity contribution >= 4 is 12.0 Å². The minimum atomic E-state index is -2.01. The summed E-state index contributed by atoms with van der Waals surface area (Å²) in [4.78, 5) is 12.3. The Kier molecular flexibility index (Phi) is 7.89. The summed E-state index contributed by atoms with van der Waals surface area (Å²) in [6, 6.07) is 3.81. The molecule has 2 heterocycles. The molecule has 0 aromatic heterocycles. The molecule has 0 radical (unpaired) electrons. The smallest absolute Gasteiger partial charge is 0.331 e. The Hall–Kier alpha value is -2.33. The lowest BCUT2D eigenvalue weighted by atomic mass is 9.98. The molecule has 2 aliphatic rings. The third kappa shape index (κ3) is 5.43. The molecule has 13 nitrogen and oxygen atoms in total. The molecule has 33 heavy (non-hydrogen) atoms. The van der Waals surface area contributed by atoms with Crippen LogP contribution in [-0.2, 0) is 23.7 Å². The standard InChI is InChI=1S/C20H26O13/c21-6-12-15(32-13(25)4-2-9-1-3-10(23)11(24)5-9)14(26)16(18(28)31-12)33-19-17(27)20(29,7-22)8-30-19/h1-5,12,14-19,21-24,26-29H,6-8H2/b4-2+/t12-,14+,15-,16-,17+,18-,19+,20-/m1/s1. The summed E-state index contributed by atoms with van der Waals surface area (Å²) in [7, 11) is 0. The first kappa shape index (κ1) is 25.3. The van der Waals surface area contributed by atoms with Crippen LogP contribution in [0, 0.1) is 0 Å². The van der Waals surface area contributed by atoms with E-state index in [1.54, 1.807) is 0 Å². The molecule has 2 fully saturated rings. The van der Waals surface area contributed by atoms with Crippen molar-refractivity contribution in [2.24, 2.45) is 0 Å². The van der Waals surface area contributed by atoms with Crippen LogP contribution >= 0.6 is 0 Å². The minimum absolute atomic E-state index is 0.346. The predicted molar refractivity (Wildman–Crippen MR) is 105 cm³/mol. The van der Waals surface area contributed by atoms with Crippen molar-refractivity contribution in [3.05, 3.63) is 29.8 Å². The highest BCUT2D eigenvalue weighted by atomic mass is 16.7. The molecule has 0 saturated carbocycles. The monoisotopic (exact) mass is 474 g/mol. The Morgan fingerprint density at radius 1 is 1.15 bits per heavy atom. The van der Waals surface area contributed by atoms with E-state index in [1.807, 2.05) is 0 Å². The maximum Gasteiger partial charge on any atom is 0.331 e. The molecule has 2 aliphatic heterocycles. The number of aromatic hydroxyl groups is 2. The van der Waals surface area contributed by atoms with Crippen molar-refractivity contribution in [2.75, 3.05) is 19.8 Å². The van der Waals surface area contributed by atoms with E-state index in [2.05, 4.69) is 0 Å². The quantitative estimate of drug-likeness (QED) is 0.112. The Morgan fingerprint density at radius 2 is 1.88 bits per heavy atom. The van der Waals surface area contributed by atoms with Crippen LogP contribution < -0.4 is 0 Å². The Labute approximate surface area is 187 Å². The zero-order valence-electron chi connectivity index (χ0n) is 17.2. The first-order valence-corrected chi connectivity index (χ1v) is 9.91. The van der Waals surface area contributed by atoms with Gasteiger partial charge in [-0.2, -0.15) is 0 Å². The van der Waals surface area contributed by atoms with Gasteiger partial charge in [0.15, 0.2) is 30.2 Å². The summed E-state index contributed by atoms with van der Waals surface area (Å²) in [6.07, 6.45) is -9.08. The number of aliphatic hydroxyl groups excluding tert-OH is 5. The Bertz CT molecular complexity index is 860. The van der Waals surface area contributed by atoms with Crippen LogP contribution in [0.4, 0.5) is 0 Å². The highest BCUT2D eigenvalue weighted by Crippen LogP contribution is 2.31. The maximum atomic E-state index is 12.3. The third-order valence-electron chi connectivity index (χ3n) is 5.35.